The molecule has 0 radical (unpaired) electrons. The van der Waals surface area contributed by atoms with Crippen LogP contribution >= 0.6 is 0 Å². The fraction of sp³-hybridized carbons (Fsp3) is 0.471. The Kier molecular flexibility index (Phi) is 6.12. The Morgan fingerprint density at radius 2 is 2.30 bits per heavy atom. The van der Waals surface area contributed by atoms with Crippen molar-refractivity contribution >= 4 is 17.6 Å². The zero-order valence-corrected chi connectivity index (χ0v) is 13.2. The van der Waals surface area contributed by atoms with Crippen molar-refractivity contribution < 1.29 is 14.3 Å². The summed E-state index contributed by atoms with van der Waals surface area (Å²) in [6.07, 6.45) is 1.68. The van der Waals surface area contributed by atoms with Gasteiger partial charge in [-0.25, -0.2) is 0 Å². The number of likely N-dealkylation sites (tertiary alicyclic amines) is 1. The van der Waals surface area contributed by atoms with Crippen LogP contribution < -0.4 is 5.32 Å². The van der Waals surface area contributed by atoms with Gasteiger partial charge in [-0.3, -0.25) is 14.5 Å². The van der Waals surface area contributed by atoms with E-state index >= 15 is 0 Å². The van der Waals surface area contributed by atoms with Gasteiger partial charge >= 0.3 is 5.97 Å². The smallest absolute Gasteiger partial charge is 0.310 e. The predicted molar refractivity (Wildman–Crippen MR) is 85.6 cm³/mol. The molecule has 1 aromatic rings. The number of anilines is 1. The molecule has 23 heavy (non-hydrogen) atoms. The number of rotatable bonds is 5. The Labute approximate surface area is 136 Å². The van der Waals surface area contributed by atoms with E-state index in [1.807, 2.05) is 11.0 Å². The lowest BCUT2D eigenvalue weighted by molar-refractivity contribution is -0.150. The van der Waals surface area contributed by atoms with Gasteiger partial charge in [-0.15, -0.1) is 0 Å². The van der Waals surface area contributed by atoms with Gasteiger partial charge in [0, 0.05) is 12.2 Å². The number of nitrogens with one attached hydrogen (secondary N) is 1. The molecule has 1 aliphatic rings. The van der Waals surface area contributed by atoms with Gasteiger partial charge in [0.1, 0.15) is 0 Å². The highest BCUT2D eigenvalue weighted by Gasteiger charge is 2.27. The standard InChI is InChI=1S/C17H21N3O3/c1-2-23-17(22)14-6-4-8-20(11-14)12-16(21)19-15-7-3-5-13(9-15)10-18/h3,5,7,9,14H,2,4,6,8,11-12H2,1H3,(H,19,21). The molecule has 1 fully saturated rings. The van der Waals surface area contributed by atoms with E-state index in [1.54, 1.807) is 31.2 Å². The van der Waals surface area contributed by atoms with E-state index in [0.717, 1.165) is 19.4 Å². The Balaban J connectivity index is 1.87. The number of carbonyl (C=O) groups is 2. The second-order valence-electron chi connectivity index (χ2n) is 5.57. The lowest BCUT2D eigenvalue weighted by Gasteiger charge is -2.30. The van der Waals surface area contributed by atoms with Crippen LogP contribution in [0.3, 0.4) is 0 Å². The van der Waals surface area contributed by atoms with Crippen LogP contribution in [0.2, 0.25) is 0 Å². The van der Waals surface area contributed by atoms with E-state index in [1.165, 1.54) is 0 Å². The topological polar surface area (TPSA) is 82.4 Å². The highest BCUT2D eigenvalue weighted by Crippen LogP contribution is 2.18. The average Bonchev–Trinajstić information content (AvgIpc) is 2.55. The molecule has 1 N–H and O–H groups in total. The number of amides is 1. The van der Waals surface area contributed by atoms with E-state index in [9.17, 15) is 9.59 Å². The van der Waals surface area contributed by atoms with Crippen LogP contribution in [0.15, 0.2) is 24.3 Å². The summed E-state index contributed by atoms with van der Waals surface area (Å²) in [5, 5.41) is 11.7. The number of nitriles is 1. The molecule has 1 aromatic carbocycles. The third-order valence-electron chi connectivity index (χ3n) is 3.77. The van der Waals surface area contributed by atoms with Gasteiger partial charge in [0.15, 0.2) is 0 Å². The molecule has 1 unspecified atom stereocenters. The molecular weight excluding hydrogens is 294 g/mol. The molecule has 6 nitrogen and oxygen atoms in total. The van der Waals surface area contributed by atoms with Gasteiger partial charge in [0.05, 0.1) is 30.7 Å². The lowest BCUT2D eigenvalue weighted by atomic mass is 9.98. The summed E-state index contributed by atoms with van der Waals surface area (Å²) in [6, 6.07) is 8.83. The number of piperidine rings is 1. The van der Waals surface area contributed by atoms with Crippen molar-refractivity contribution in [3.63, 3.8) is 0 Å². The molecule has 1 heterocycles. The molecule has 2 rings (SSSR count). The molecule has 0 aromatic heterocycles. The molecule has 1 saturated heterocycles. The monoisotopic (exact) mass is 315 g/mol. The Morgan fingerprint density at radius 3 is 3.04 bits per heavy atom. The van der Waals surface area contributed by atoms with Crippen molar-refractivity contribution in [1.82, 2.24) is 4.90 Å². The van der Waals surface area contributed by atoms with Crippen LogP contribution in [0.25, 0.3) is 0 Å². The summed E-state index contributed by atoms with van der Waals surface area (Å²) in [6.45, 7) is 3.74. The van der Waals surface area contributed by atoms with E-state index in [4.69, 9.17) is 10.00 Å². The van der Waals surface area contributed by atoms with Gasteiger partial charge < -0.3 is 10.1 Å². The third kappa shape index (κ3) is 5.08. The largest absolute Gasteiger partial charge is 0.466 e. The second kappa shape index (κ2) is 8.30. The molecule has 122 valence electrons. The quantitative estimate of drug-likeness (QED) is 0.837. The molecule has 1 aliphatic heterocycles. The maximum atomic E-state index is 12.1. The molecule has 1 amide bonds. The average molecular weight is 315 g/mol. The summed E-state index contributed by atoms with van der Waals surface area (Å²) in [7, 11) is 0. The summed E-state index contributed by atoms with van der Waals surface area (Å²) in [5.41, 5.74) is 1.11. The lowest BCUT2D eigenvalue weighted by Crippen LogP contribution is -2.43. The normalized spacial score (nSPS) is 18.0. The van der Waals surface area contributed by atoms with Crippen molar-refractivity contribution in [2.24, 2.45) is 5.92 Å². The molecule has 0 bridgehead atoms. The Hall–Kier alpha value is -2.39. The first-order valence-electron chi connectivity index (χ1n) is 7.81. The minimum atomic E-state index is -0.181. The van der Waals surface area contributed by atoms with Crippen LogP contribution in [-0.4, -0.2) is 43.0 Å². The van der Waals surface area contributed by atoms with Gasteiger partial charge in [-0.2, -0.15) is 5.26 Å². The van der Waals surface area contributed by atoms with Gasteiger partial charge in [-0.05, 0) is 44.5 Å². The summed E-state index contributed by atoms with van der Waals surface area (Å²) in [4.78, 5) is 25.9. The number of carbonyl (C=O) groups excluding carboxylic acids is 2. The summed E-state index contributed by atoms with van der Waals surface area (Å²) in [5.74, 6) is -0.484. The zero-order valence-electron chi connectivity index (χ0n) is 13.2. The molecule has 0 spiro atoms. The van der Waals surface area contributed by atoms with E-state index in [-0.39, 0.29) is 24.3 Å². The maximum absolute atomic E-state index is 12.1. The predicted octanol–water partition coefficient (Wildman–Crippen LogP) is 1.77. The fourth-order valence-corrected chi connectivity index (χ4v) is 2.72. The number of hydrogen-bond donors (Lipinski definition) is 1. The van der Waals surface area contributed by atoms with E-state index in [2.05, 4.69) is 5.32 Å². The Bertz CT molecular complexity index is 609. The van der Waals surface area contributed by atoms with Crippen LogP contribution in [-0.2, 0) is 14.3 Å². The van der Waals surface area contributed by atoms with Crippen LogP contribution in [0, 0.1) is 17.2 Å². The molecule has 0 saturated carbocycles. The molecular formula is C17H21N3O3. The minimum absolute atomic E-state index is 0.149. The molecule has 1 atom stereocenters. The third-order valence-corrected chi connectivity index (χ3v) is 3.77. The second-order valence-corrected chi connectivity index (χ2v) is 5.57. The van der Waals surface area contributed by atoms with Crippen molar-refractivity contribution in [2.45, 2.75) is 19.8 Å². The van der Waals surface area contributed by atoms with E-state index < -0.39 is 0 Å². The van der Waals surface area contributed by atoms with Crippen molar-refractivity contribution in [3.8, 4) is 6.07 Å². The van der Waals surface area contributed by atoms with Crippen LogP contribution in [0.5, 0.6) is 0 Å². The number of benzene rings is 1. The summed E-state index contributed by atoms with van der Waals surface area (Å²) < 4.78 is 5.06. The first kappa shape index (κ1) is 17.0. The first-order chi connectivity index (χ1) is 11.1. The molecule has 0 aliphatic carbocycles. The SMILES string of the molecule is CCOC(=O)C1CCCN(CC(=O)Nc2cccc(C#N)c2)C1. The van der Waals surface area contributed by atoms with Crippen LogP contribution in [0.4, 0.5) is 5.69 Å². The Morgan fingerprint density at radius 1 is 1.48 bits per heavy atom. The van der Waals surface area contributed by atoms with Gasteiger partial charge in [-0.1, -0.05) is 6.07 Å². The van der Waals surface area contributed by atoms with Crippen LogP contribution in [0.1, 0.15) is 25.3 Å². The summed E-state index contributed by atoms with van der Waals surface area (Å²) >= 11 is 0. The van der Waals surface area contributed by atoms with Crippen molar-refractivity contribution in [1.29, 1.82) is 5.26 Å². The number of esters is 1. The molecule has 6 heteroatoms. The number of ether oxygens (including phenoxy) is 1. The first-order valence-corrected chi connectivity index (χ1v) is 7.81. The fourth-order valence-electron chi connectivity index (χ4n) is 2.72. The maximum Gasteiger partial charge on any atom is 0.310 e. The van der Waals surface area contributed by atoms with Crippen molar-refractivity contribution in [3.05, 3.63) is 29.8 Å². The van der Waals surface area contributed by atoms with Crippen molar-refractivity contribution in [2.75, 3.05) is 31.6 Å². The van der Waals surface area contributed by atoms with Gasteiger partial charge in [0.25, 0.3) is 0 Å². The zero-order chi connectivity index (χ0) is 16.7. The highest BCUT2D eigenvalue weighted by molar-refractivity contribution is 5.92. The highest BCUT2D eigenvalue weighted by atomic mass is 16.5. The van der Waals surface area contributed by atoms with Gasteiger partial charge in [0.2, 0.25) is 5.91 Å². The minimum Gasteiger partial charge on any atom is -0.466 e. The number of nitrogens with zero attached hydrogens (tertiary/aromatic N) is 2. The number of hydrogen-bond acceptors (Lipinski definition) is 5. The van der Waals surface area contributed by atoms with E-state index in [0.29, 0.717) is 24.4 Å².